The van der Waals surface area contributed by atoms with Crippen molar-refractivity contribution in [1.82, 2.24) is 19.3 Å². The van der Waals surface area contributed by atoms with Gasteiger partial charge in [-0.25, -0.2) is 9.37 Å². The molecule has 28 heavy (non-hydrogen) atoms. The van der Waals surface area contributed by atoms with E-state index >= 15 is 0 Å². The van der Waals surface area contributed by atoms with Crippen LogP contribution in [0.15, 0.2) is 60.4 Å². The molecule has 0 bridgehead atoms. The second-order valence-corrected chi connectivity index (χ2v) is 7.77. The van der Waals surface area contributed by atoms with Gasteiger partial charge in [0, 0.05) is 42.1 Å². The van der Waals surface area contributed by atoms with Crippen molar-refractivity contribution >= 4 is 22.2 Å². The van der Waals surface area contributed by atoms with Crippen molar-refractivity contribution in [1.29, 1.82) is 0 Å². The molecule has 5 nitrogen and oxygen atoms in total. The van der Waals surface area contributed by atoms with Crippen LogP contribution in [-0.4, -0.2) is 31.2 Å². The second kappa shape index (κ2) is 6.83. The maximum atomic E-state index is 13.6. The van der Waals surface area contributed by atoms with E-state index in [4.69, 9.17) is 0 Å². The van der Waals surface area contributed by atoms with Crippen LogP contribution in [0.3, 0.4) is 0 Å². The minimum absolute atomic E-state index is 0.00578. The first-order valence-corrected chi connectivity index (χ1v) is 9.99. The highest BCUT2D eigenvalue weighted by atomic mass is 32.1. The second-order valence-electron chi connectivity index (χ2n) is 6.93. The number of pyridine rings is 1. The first-order valence-electron chi connectivity index (χ1n) is 9.11. The van der Waals surface area contributed by atoms with E-state index < -0.39 is 0 Å². The first-order chi connectivity index (χ1) is 13.7. The molecule has 5 rings (SSSR count). The summed E-state index contributed by atoms with van der Waals surface area (Å²) in [5.41, 5.74) is 3.02. The average molecular weight is 392 g/mol. The summed E-state index contributed by atoms with van der Waals surface area (Å²) in [4.78, 5) is 24.6. The molecular formula is C21H17FN4OS. The largest absolute Gasteiger partial charge is 0.330 e. The lowest BCUT2D eigenvalue weighted by atomic mass is 10.2. The van der Waals surface area contributed by atoms with Crippen LogP contribution in [0.1, 0.15) is 28.9 Å². The minimum atomic E-state index is -0.303. The molecule has 0 aliphatic heterocycles. The van der Waals surface area contributed by atoms with Crippen molar-refractivity contribution in [3.05, 3.63) is 77.4 Å². The van der Waals surface area contributed by atoms with Gasteiger partial charge in [-0.1, -0.05) is 12.1 Å². The zero-order valence-electron chi connectivity index (χ0n) is 15.0. The summed E-state index contributed by atoms with van der Waals surface area (Å²) >= 11 is 1.42. The van der Waals surface area contributed by atoms with Gasteiger partial charge in [0.15, 0.2) is 4.96 Å². The Bertz CT molecular complexity index is 1150. The van der Waals surface area contributed by atoms with Gasteiger partial charge in [-0.05, 0) is 42.7 Å². The van der Waals surface area contributed by atoms with E-state index in [1.54, 1.807) is 18.5 Å². The van der Waals surface area contributed by atoms with Gasteiger partial charge in [-0.2, -0.15) is 0 Å². The highest BCUT2D eigenvalue weighted by Gasteiger charge is 2.34. The molecule has 140 valence electrons. The number of benzene rings is 1. The van der Waals surface area contributed by atoms with Gasteiger partial charge in [0.2, 0.25) is 0 Å². The normalized spacial score (nSPS) is 13.8. The Morgan fingerprint density at radius 1 is 1.25 bits per heavy atom. The maximum absolute atomic E-state index is 13.6. The predicted molar refractivity (Wildman–Crippen MR) is 106 cm³/mol. The number of thiazole rings is 1. The molecule has 3 heterocycles. The van der Waals surface area contributed by atoms with Crippen molar-refractivity contribution in [2.75, 3.05) is 0 Å². The number of amides is 1. The lowest BCUT2D eigenvalue weighted by molar-refractivity contribution is 0.0723. The number of nitrogens with zero attached hydrogens (tertiary/aromatic N) is 4. The molecule has 0 saturated heterocycles. The molecule has 0 radical (unpaired) electrons. The van der Waals surface area contributed by atoms with E-state index in [1.165, 1.54) is 23.5 Å². The molecule has 0 N–H and O–H groups in total. The number of carbonyl (C=O) groups is 1. The SMILES string of the molecule is O=C(c1csc2nc(-c3cccc(F)c3)cn12)N(Cc1ccncc1)C1CC1. The van der Waals surface area contributed by atoms with Gasteiger partial charge in [0.05, 0.1) is 5.69 Å². The van der Waals surface area contributed by atoms with Crippen molar-refractivity contribution in [3.8, 4) is 11.3 Å². The number of imidazole rings is 1. The number of hydrogen-bond donors (Lipinski definition) is 0. The first kappa shape index (κ1) is 17.1. The van der Waals surface area contributed by atoms with Gasteiger partial charge in [-0.3, -0.25) is 14.2 Å². The molecule has 4 aromatic rings. The van der Waals surface area contributed by atoms with E-state index in [0.717, 1.165) is 23.4 Å². The molecule has 1 aromatic carbocycles. The smallest absolute Gasteiger partial charge is 0.272 e. The van der Waals surface area contributed by atoms with Crippen LogP contribution in [0.25, 0.3) is 16.2 Å². The third-order valence-electron chi connectivity index (χ3n) is 4.90. The van der Waals surface area contributed by atoms with Gasteiger partial charge >= 0.3 is 0 Å². The molecule has 0 spiro atoms. The molecule has 1 amide bonds. The number of hydrogen-bond acceptors (Lipinski definition) is 4. The Hall–Kier alpha value is -3.06. The Balaban J connectivity index is 1.48. The van der Waals surface area contributed by atoms with E-state index in [9.17, 15) is 9.18 Å². The molecule has 0 unspecified atom stereocenters. The van der Waals surface area contributed by atoms with Crippen molar-refractivity contribution in [3.63, 3.8) is 0 Å². The van der Waals surface area contributed by atoms with Crippen molar-refractivity contribution in [2.24, 2.45) is 0 Å². The fourth-order valence-corrected chi connectivity index (χ4v) is 4.16. The molecule has 1 aliphatic carbocycles. The molecule has 7 heteroatoms. The maximum Gasteiger partial charge on any atom is 0.272 e. The van der Waals surface area contributed by atoms with Gasteiger partial charge in [0.1, 0.15) is 11.5 Å². The standard InChI is InChI=1S/C21H17FN4OS/c22-16-3-1-2-15(10-16)18-12-26-19(13-28-21(26)24-18)20(27)25(17-4-5-17)11-14-6-8-23-9-7-14/h1-3,6-10,12-13,17H,4-5,11H2. The van der Waals surface area contributed by atoms with Gasteiger partial charge < -0.3 is 4.90 Å². The Morgan fingerprint density at radius 2 is 2.07 bits per heavy atom. The lowest BCUT2D eigenvalue weighted by Gasteiger charge is -2.22. The number of carbonyl (C=O) groups excluding carboxylic acids is 1. The van der Waals surface area contributed by atoms with E-state index in [-0.39, 0.29) is 17.8 Å². The molecule has 1 saturated carbocycles. The van der Waals surface area contributed by atoms with E-state index in [2.05, 4.69) is 9.97 Å². The summed E-state index contributed by atoms with van der Waals surface area (Å²) in [5.74, 6) is -0.309. The molecular weight excluding hydrogens is 375 g/mol. The average Bonchev–Trinajstić information content (AvgIpc) is 3.34. The monoisotopic (exact) mass is 392 g/mol. The fourth-order valence-electron chi connectivity index (χ4n) is 3.31. The third kappa shape index (κ3) is 3.18. The summed E-state index contributed by atoms with van der Waals surface area (Å²) < 4.78 is 15.4. The summed E-state index contributed by atoms with van der Waals surface area (Å²) in [5, 5.41) is 1.85. The van der Waals surface area contributed by atoms with Crippen LogP contribution < -0.4 is 0 Å². The topological polar surface area (TPSA) is 50.5 Å². The highest BCUT2D eigenvalue weighted by Crippen LogP contribution is 2.31. The van der Waals surface area contributed by atoms with Crippen LogP contribution in [0.4, 0.5) is 4.39 Å². The van der Waals surface area contributed by atoms with Crippen LogP contribution in [0, 0.1) is 5.82 Å². The van der Waals surface area contributed by atoms with E-state index in [0.29, 0.717) is 23.5 Å². The van der Waals surface area contributed by atoms with Crippen LogP contribution >= 0.6 is 11.3 Å². The number of rotatable bonds is 5. The zero-order valence-corrected chi connectivity index (χ0v) is 15.8. The molecule has 1 fully saturated rings. The molecule has 3 aromatic heterocycles. The van der Waals surface area contributed by atoms with Crippen LogP contribution in [0.5, 0.6) is 0 Å². The predicted octanol–water partition coefficient (Wildman–Crippen LogP) is 4.40. The summed E-state index contributed by atoms with van der Waals surface area (Å²) in [6, 6.07) is 10.5. The fraction of sp³-hybridized carbons (Fsp3) is 0.190. The number of fused-ring (bicyclic) bond motifs is 1. The highest BCUT2D eigenvalue weighted by molar-refractivity contribution is 7.15. The number of halogens is 1. The zero-order chi connectivity index (χ0) is 19.1. The van der Waals surface area contributed by atoms with Crippen LogP contribution in [0.2, 0.25) is 0 Å². The number of aromatic nitrogens is 3. The third-order valence-corrected chi connectivity index (χ3v) is 5.74. The quantitative estimate of drug-likeness (QED) is 0.506. The Kier molecular flexibility index (Phi) is 4.16. The van der Waals surface area contributed by atoms with Crippen molar-refractivity contribution < 1.29 is 9.18 Å². The van der Waals surface area contributed by atoms with E-state index in [1.807, 2.05) is 39.1 Å². The van der Waals surface area contributed by atoms with Crippen LogP contribution in [-0.2, 0) is 6.54 Å². The minimum Gasteiger partial charge on any atom is -0.330 e. The Morgan fingerprint density at radius 3 is 2.82 bits per heavy atom. The lowest BCUT2D eigenvalue weighted by Crippen LogP contribution is -2.33. The van der Waals surface area contributed by atoms with Gasteiger partial charge in [0.25, 0.3) is 5.91 Å². The van der Waals surface area contributed by atoms with Crippen molar-refractivity contribution in [2.45, 2.75) is 25.4 Å². The molecule has 1 aliphatic rings. The summed E-state index contributed by atoms with van der Waals surface area (Å²) in [6.07, 6.45) is 7.36. The summed E-state index contributed by atoms with van der Waals surface area (Å²) in [7, 11) is 0. The summed E-state index contributed by atoms with van der Waals surface area (Å²) in [6.45, 7) is 0.564. The van der Waals surface area contributed by atoms with Gasteiger partial charge in [-0.15, -0.1) is 11.3 Å². The molecule has 0 atom stereocenters. The Labute approximate surface area is 165 Å².